The zero-order chi connectivity index (χ0) is 21.4. The Morgan fingerprint density at radius 3 is 2.44 bits per heavy atom. The Kier molecular flexibility index (Phi) is 4.38. The van der Waals surface area contributed by atoms with E-state index in [1.807, 2.05) is 0 Å². The quantitative estimate of drug-likeness (QED) is 0.559. The summed E-state index contributed by atoms with van der Waals surface area (Å²) in [5.41, 5.74) is 4.28. The summed E-state index contributed by atoms with van der Waals surface area (Å²) in [5.74, 6) is 0.558. The fraction of sp³-hybridized carbons (Fsp3) is 0.643. The van der Waals surface area contributed by atoms with E-state index >= 15 is 0 Å². The smallest absolute Gasteiger partial charge is 0.233 e. The number of hydrogen-bond donors (Lipinski definition) is 0. The molecule has 7 rings (SSSR count). The van der Waals surface area contributed by atoms with Crippen molar-refractivity contribution in [2.75, 3.05) is 26.4 Å². The average Bonchev–Trinajstić information content (AvgIpc) is 3.10. The molecule has 0 bridgehead atoms. The first-order chi connectivity index (χ1) is 15.7. The van der Waals surface area contributed by atoms with Crippen molar-refractivity contribution in [3.8, 4) is 0 Å². The van der Waals surface area contributed by atoms with E-state index in [2.05, 4.69) is 49.4 Å². The van der Waals surface area contributed by atoms with Crippen LogP contribution in [0.4, 0.5) is 0 Å². The van der Waals surface area contributed by atoms with E-state index in [-0.39, 0.29) is 5.41 Å². The van der Waals surface area contributed by atoms with Crippen molar-refractivity contribution in [3.63, 3.8) is 0 Å². The molecule has 5 atom stereocenters. The first-order valence-electron chi connectivity index (χ1n) is 12.7. The van der Waals surface area contributed by atoms with Crippen LogP contribution in [0.5, 0.6) is 0 Å². The van der Waals surface area contributed by atoms with E-state index < -0.39 is 11.6 Å². The highest BCUT2D eigenvalue weighted by atomic mass is 16.8. The third-order valence-corrected chi connectivity index (χ3v) is 9.61. The van der Waals surface area contributed by atoms with Crippen molar-refractivity contribution < 1.29 is 18.9 Å². The van der Waals surface area contributed by atoms with Gasteiger partial charge in [-0.1, -0.05) is 61.4 Å². The minimum Gasteiger partial charge on any atom is -0.343 e. The molecule has 32 heavy (non-hydrogen) atoms. The molecule has 0 unspecified atom stereocenters. The minimum atomic E-state index is -0.858. The fourth-order valence-corrected chi connectivity index (χ4v) is 8.44. The Balaban J connectivity index is 1.44. The maximum Gasteiger partial charge on any atom is 0.233 e. The number of allylic oxidation sites excluding steroid dienone is 3. The molecule has 4 nitrogen and oxygen atoms in total. The molecule has 1 aromatic carbocycles. The van der Waals surface area contributed by atoms with Crippen molar-refractivity contribution in [1.82, 2.24) is 0 Å². The molecule has 0 amide bonds. The van der Waals surface area contributed by atoms with Crippen LogP contribution >= 0.6 is 0 Å². The van der Waals surface area contributed by atoms with E-state index in [4.69, 9.17) is 18.9 Å². The Morgan fingerprint density at radius 2 is 1.66 bits per heavy atom. The number of benzene rings is 1. The Bertz CT molecular complexity index is 953. The summed E-state index contributed by atoms with van der Waals surface area (Å²) in [5, 5.41) is 0. The van der Waals surface area contributed by atoms with Gasteiger partial charge < -0.3 is 18.9 Å². The van der Waals surface area contributed by atoms with Crippen LogP contribution in [0.3, 0.4) is 0 Å². The highest BCUT2D eigenvalue weighted by Crippen LogP contribution is 2.70. The van der Waals surface area contributed by atoms with E-state index in [1.165, 1.54) is 36.8 Å². The second-order valence-electron chi connectivity index (χ2n) is 10.9. The molecule has 0 N–H and O–H groups in total. The van der Waals surface area contributed by atoms with E-state index in [9.17, 15) is 0 Å². The number of ether oxygens (including phenoxy) is 4. The zero-order valence-electron chi connectivity index (χ0n) is 19.1. The molecule has 0 spiro atoms. The zero-order valence-corrected chi connectivity index (χ0v) is 19.1. The molecule has 2 saturated carbocycles. The first-order valence-corrected chi connectivity index (χ1v) is 12.7. The Morgan fingerprint density at radius 1 is 0.906 bits per heavy atom. The molecule has 2 aliphatic heterocycles. The van der Waals surface area contributed by atoms with Gasteiger partial charge in [0.25, 0.3) is 0 Å². The molecule has 0 aromatic heterocycles. The SMILES string of the molecule is C[C@]12C=C(c3ccccc3)[C@H]3[C@@H](CC=C4CCCC[C@@H]43)[C@@H]1CC13OCCOC12OCCO3. The normalized spacial score (nSPS) is 47.2. The van der Waals surface area contributed by atoms with E-state index in [0.717, 1.165) is 12.8 Å². The third kappa shape index (κ3) is 2.42. The third-order valence-electron chi connectivity index (χ3n) is 9.61. The largest absolute Gasteiger partial charge is 0.343 e. The Hall–Kier alpha value is -1.46. The molecule has 4 fully saturated rings. The molecular formula is C28H34O4. The molecule has 6 aliphatic rings. The summed E-state index contributed by atoms with van der Waals surface area (Å²) in [6.07, 6.45) is 12.5. The average molecular weight is 435 g/mol. The highest BCUT2D eigenvalue weighted by molar-refractivity contribution is 5.71. The molecule has 1 aromatic rings. The van der Waals surface area contributed by atoms with Gasteiger partial charge in [-0.15, -0.1) is 0 Å². The maximum absolute atomic E-state index is 6.60. The monoisotopic (exact) mass is 434 g/mol. The van der Waals surface area contributed by atoms with Crippen LogP contribution in [-0.2, 0) is 18.9 Å². The molecule has 170 valence electrons. The van der Waals surface area contributed by atoms with Crippen molar-refractivity contribution >= 4 is 5.57 Å². The van der Waals surface area contributed by atoms with E-state index in [0.29, 0.717) is 50.1 Å². The molecular weight excluding hydrogens is 400 g/mol. The van der Waals surface area contributed by atoms with Crippen molar-refractivity contribution in [3.05, 3.63) is 53.6 Å². The van der Waals surface area contributed by atoms with Crippen molar-refractivity contribution in [1.29, 1.82) is 0 Å². The predicted octanol–water partition coefficient (Wildman–Crippen LogP) is 5.35. The standard InChI is InChI=1S/C28H34O4/c1-26-17-23(19-7-3-2-4-8-19)25-21-10-6-5-9-20(21)11-12-22(25)24(26)18-27-28(26,31-15-13-29-27)32-16-14-30-27/h2-4,7-8,11,17,21-22,24-25H,5-6,9-10,12-16,18H2,1H3/t21-,22-,24-,25+,26-,27?,28?/m0/s1. The lowest BCUT2D eigenvalue weighted by Gasteiger charge is -2.57. The molecule has 2 heterocycles. The van der Waals surface area contributed by atoms with Crippen LogP contribution in [0, 0.1) is 29.1 Å². The van der Waals surface area contributed by atoms with Crippen LogP contribution in [0.25, 0.3) is 5.57 Å². The minimum absolute atomic E-state index is 0.291. The molecule has 4 heteroatoms. The summed E-state index contributed by atoms with van der Waals surface area (Å²) >= 11 is 0. The summed E-state index contributed by atoms with van der Waals surface area (Å²) in [4.78, 5) is 0. The van der Waals surface area contributed by atoms with Gasteiger partial charge >= 0.3 is 0 Å². The number of fused-ring (bicyclic) bond motifs is 5. The lowest BCUT2D eigenvalue weighted by Crippen LogP contribution is -2.69. The van der Waals surface area contributed by atoms with Gasteiger partial charge in [0.1, 0.15) is 0 Å². The fourth-order valence-electron chi connectivity index (χ4n) is 8.44. The summed E-state index contributed by atoms with van der Waals surface area (Å²) in [6, 6.07) is 11.1. The van der Waals surface area contributed by atoms with Gasteiger partial charge in [0.2, 0.25) is 11.6 Å². The van der Waals surface area contributed by atoms with E-state index in [1.54, 1.807) is 5.57 Å². The van der Waals surface area contributed by atoms with Crippen LogP contribution in [0.2, 0.25) is 0 Å². The second-order valence-corrected chi connectivity index (χ2v) is 10.9. The maximum atomic E-state index is 6.60. The summed E-state index contributed by atoms with van der Waals surface area (Å²) in [7, 11) is 0. The van der Waals surface area contributed by atoms with Gasteiger partial charge in [-0.25, -0.2) is 0 Å². The van der Waals surface area contributed by atoms with Gasteiger partial charge in [0.15, 0.2) is 0 Å². The molecule has 2 saturated heterocycles. The lowest BCUT2D eigenvalue weighted by molar-refractivity contribution is -0.468. The summed E-state index contributed by atoms with van der Waals surface area (Å²) in [6.45, 7) is 4.63. The van der Waals surface area contributed by atoms with Crippen LogP contribution < -0.4 is 0 Å². The summed E-state index contributed by atoms with van der Waals surface area (Å²) < 4.78 is 26.1. The van der Waals surface area contributed by atoms with Gasteiger partial charge in [-0.2, -0.15) is 0 Å². The van der Waals surface area contributed by atoms with Gasteiger partial charge in [-0.3, -0.25) is 0 Å². The van der Waals surface area contributed by atoms with Crippen molar-refractivity contribution in [2.45, 2.75) is 57.0 Å². The number of rotatable bonds is 1. The highest BCUT2D eigenvalue weighted by Gasteiger charge is 2.78. The van der Waals surface area contributed by atoms with Gasteiger partial charge in [0, 0.05) is 11.8 Å². The van der Waals surface area contributed by atoms with Gasteiger partial charge in [0.05, 0.1) is 26.4 Å². The Labute approximate surface area is 191 Å². The molecule has 4 aliphatic carbocycles. The first kappa shape index (κ1) is 20.0. The van der Waals surface area contributed by atoms with Crippen LogP contribution in [0.15, 0.2) is 48.1 Å². The van der Waals surface area contributed by atoms with Crippen LogP contribution in [0.1, 0.15) is 51.0 Å². The van der Waals surface area contributed by atoms with Crippen LogP contribution in [-0.4, -0.2) is 38.0 Å². The topological polar surface area (TPSA) is 36.9 Å². The van der Waals surface area contributed by atoms with Gasteiger partial charge in [-0.05, 0) is 60.5 Å². The lowest BCUT2D eigenvalue weighted by atomic mass is 9.52. The van der Waals surface area contributed by atoms with Crippen molar-refractivity contribution in [2.24, 2.45) is 29.1 Å². The number of hydrogen-bond acceptors (Lipinski definition) is 4. The molecule has 0 radical (unpaired) electrons. The predicted molar refractivity (Wildman–Crippen MR) is 122 cm³/mol. The second kappa shape index (κ2) is 7.02.